The van der Waals surface area contributed by atoms with Gasteiger partial charge >= 0.3 is 0 Å². The monoisotopic (exact) mass is 233 g/mol. The van der Waals surface area contributed by atoms with Gasteiger partial charge in [0.05, 0.1) is 11.0 Å². The average Bonchev–Trinajstić information content (AvgIpc) is 2.68. The largest absolute Gasteiger partial charge is 0.342 e. The summed E-state index contributed by atoms with van der Waals surface area (Å²) >= 11 is 0. The Kier molecular flexibility index (Phi) is 3.73. The minimum atomic E-state index is 0.0214. The molecule has 0 aliphatic heterocycles. The molecule has 1 heterocycles. The number of H-pyrrole nitrogens is 1. The SMILES string of the molecule is Cc1nc2ccc(CNCC(N)CN)cc2[nH]1. The van der Waals surface area contributed by atoms with Crippen LogP contribution in [0.2, 0.25) is 0 Å². The lowest BCUT2D eigenvalue weighted by atomic mass is 10.2. The predicted molar refractivity (Wildman–Crippen MR) is 69.6 cm³/mol. The van der Waals surface area contributed by atoms with E-state index in [-0.39, 0.29) is 6.04 Å². The number of nitrogens with zero attached hydrogens (tertiary/aromatic N) is 1. The van der Waals surface area contributed by atoms with Gasteiger partial charge < -0.3 is 21.8 Å². The molecule has 0 fully saturated rings. The molecular weight excluding hydrogens is 214 g/mol. The van der Waals surface area contributed by atoms with Crippen LogP contribution >= 0.6 is 0 Å². The van der Waals surface area contributed by atoms with Gasteiger partial charge in [-0.2, -0.15) is 0 Å². The van der Waals surface area contributed by atoms with Crippen molar-refractivity contribution >= 4 is 11.0 Å². The second-order valence-electron chi connectivity index (χ2n) is 4.30. The molecule has 2 rings (SSSR count). The van der Waals surface area contributed by atoms with Crippen LogP contribution in [-0.2, 0) is 6.54 Å². The van der Waals surface area contributed by atoms with Crippen molar-refractivity contribution in [2.45, 2.75) is 19.5 Å². The Morgan fingerprint density at radius 3 is 3.06 bits per heavy atom. The Morgan fingerprint density at radius 1 is 1.47 bits per heavy atom. The van der Waals surface area contributed by atoms with Gasteiger partial charge in [0.25, 0.3) is 0 Å². The zero-order valence-electron chi connectivity index (χ0n) is 10.0. The van der Waals surface area contributed by atoms with Gasteiger partial charge in [-0.3, -0.25) is 0 Å². The molecule has 5 heteroatoms. The maximum atomic E-state index is 5.73. The predicted octanol–water partition coefficient (Wildman–Crippen LogP) is 0.247. The first kappa shape index (κ1) is 12.0. The second-order valence-corrected chi connectivity index (χ2v) is 4.30. The number of aryl methyl sites for hydroxylation is 1. The lowest BCUT2D eigenvalue weighted by Crippen LogP contribution is -2.39. The molecule has 0 aliphatic rings. The highest BCUT2D eigenvalue weighted by Gasteiger charge is 2.02. The first-order valence-corrected chi connectivity index (χ1v) is 5.80. The van der Waals surface area contributed by atoms with Crippen molar-refractivity contribution in [3.05, 3.63) is 29.6 Å². The lowest BCUT2D eigenvalue weighted by molar-refractivity contribution is 0.582. The molecule has 2 aromatic rings. The lowest BCUT2D eigenvalue weighted by Gasteiger charge is -2.09. The molecule has 6 N–H and O–H groups in total. The van der Waals surface area contributed by atoms with Gasteiger partial charge in [0.2, 0.25) is 0 Å². The van der Waals surface area contributed by atoms with Crippen LogP contribution in [0.5, 0.6) is 0 Å². The molecule has 0 aliphatic carbocycles. The van der Waals surface area contributed by atoms with Crippen molar-refractivity contribution in [3.8, 4) is 0 Å². The highest BCUT2D eigenvalue weighted by molar-refractivity contribution is 5.75. The van der Waals surface area contributed by atoms with E-state index in [2.05, 4.69) is 27.4 Å². The maximum Gasteiger partial charge on any atom is 0.104 e. The van der Waals surface area contributed by atoms with E-state index in [9.17, 15) is 0 Å². The molecular formula is C12H19N5. The third kappa shape index (κ3) is 3.03. The zero-order valence-corrected chi connectivity index (χ0v) is 10.0. The van der Waals surface area contributed by atoms with Crippen LogP contribution in [0.1, 0.15) is 11.4 Å². The standard InChI is InChI=1S/C12H19N5/c1-8-16-11-3-2-9(4-12(11)17-8)6-15-7-10(14)5-13/h2-4,10,15H,5-7,13-14H2,1H3,(H,16,17). The van der Waals surface area contributed by atoms with E-state index in [0.717, 1.165) is 29.9 Å². The van der Waals surface area contributed by atoms with Crippen LogP contribution in [0.25, 0.3) is 11.0 Å². The fourth-order valence-corrected chi connectivity index (χ4v) is 1.78. The third-order valence-corrected chi connectivity index (χ3v) is 2.70. The number of hydrogen-bond donors (Lipinski definition) is 4. The van der Waals surface area contributed by atoms with E-state index in [1.54, 1.807) is 0 Å². The van der Waals surface area contributed by atoms with Crippen LogP contribution in [0.15, 0.2) is 18.2 Å². The quantitative estimate of drug-likeness (QED) is 0.595. The van der Waals surface area contributed by atoms with Crippen molar-refractivity contribution in [1.82, 2.24) is 15.3 Å². The first-order chi connectivity index (χ1) is 8.19. The summed E-state index contributed by atoms with van der Waals surface area (Å²) in [5, 5.41) is 3.28. The fourth-order valence-electron chi connectivity index (χ4n) is 1.78. The van der Waals surface area contributed by atoms with Crippen molar-refractivity contribution in [3.63, 3.8) is 0 Å². The van der Waals surface area contributed by atoms with Gasteiger partial charge in [-0.1, -0.05) is 6.07 Å². The van der Waals surface area contributed by atoms with Crippen molar-refractivity contribution in [1.29, 1.82) is 0 Å². The molecule has 0 radical (unpaired) electrons. The van der Waals surface area contributed by atoms with Gasteiger partial charge in [0, 0.05) is 25.7 Å². The molecule has 1 aromatic heterocycles. The Hall–Kier alpha value is -1.43. The zero-order chi connectivity index (χ0) is 12.3. The Balaban J connectivity index is 1.99. The van der Waals surface area contributed by atoms with Crippen LogP contribution < -0.4 is 16.8 Å². The Morgan fingerprint density at radius 2 is 2.29 bits per heavy atom. The molecule has 5 nitrogen and oxygen atoms in total. The summed E-state index contributed by atoms with van der Waals surface area (Å²) < 4.78 is 0. The minimum absolute atomic E-state index is 0.0214. The number of benzene rings is 1. The van der Waals surface area contributed by atoms with Crippen LogP contribution in [0.4, 0.5) is 0 Å². The highest BCUT2D eigenvalue weighted by Crippen LogP contribution is 2.13. The molecule has 1 atom stereocenters. The molecule has 17 heavy (non-hydrogen) atoms. The molecule has 0 amide bonds. The van der Waals surface area contributed by atoms with E-state index in [1.807, 2.05) is 13.0 Å². The van der Waals surface area contributed by atoms with Gasteiger partial charge in [0.15, 0.2) is 0 Å². The van der Waals surface area contributed by atoms with E-state index in [1.165, 1.54) is 5.56 Å². The molecule has 0 saturated heterocycles. The minimum Gasteiger partial charge on any atom is -0.342 e. The smallest absolute Gasteiger partial charge is 0.104 e. The molecule has 92 valence electrons. The number of aromatic amines is 1. The normalized spacial score (nSPS) is 13.1. The van der Waals surface area contributed by atoms with Gasteiger partial charge in [-0.15, -0.1) is 0 Å². The summed E-state index contributed by atoms with van der Waals surface area (Å²) in [7, 11) is 0. The van der Waals surface area contributed by atoms with E-state index < -0.39 is 0 Å². The molecule has 0 spiro atoms. The van der Waals surface area contributed by atoms with Gasteiger partial charge in [-0.05, 0) is 24.6 Å². The number of fused-ring (bicyclic) bond motifs is 1. The summed E-state index contributed by atoms with van der Waals surface area (Å²) in [6, 6.07) is 6.23. The summed E-state index contributed by atoms with van der Waals surface area (Å²) in [6.07, 6.45) is 0. The van der Waals surface area contributed by atoms with Crippen LogP contribution in [-0.4, -0.2) is 29.1 Å². The number of nitrogens with two attached hydrogens (primary N) is 2. The van der Waals surface area contributed by atoms with Crippen LogP contribution in [0.3, 0.4) is 0 Å². The van der Waals surface area contributed by atoms with Gasteiger partial charge in [0.1, 0.15) is 5.82 Å². The van der Waals surface area contributed by atoms with Crippen LogP contribution in [0, 0.1) is 6.92 Å². The van der Waals surface area contributed by atoms with E-state index in [4.69, 9.17) is 11.5 Å². The average molecular weight is 233 g/mol. The van der Waals surface area contributed by atoms with Crippen molar-refractivity contribution in [2.75, 3.05) is 13.1 Å². The van der Waals surface area contributed by atoms with Gasteiger partial charge in [-0.25, -0.2) is 4.98 Å². The summed E-state index contributed by atoms with van der Waals surface area (Å²) in [5.41, 5.74) is 14.5. The maximum absolute atomic E-state index is 5.73. The number of hydrogen-bond acceptors (Lipinski definition) is 4. The Bertz CT molecular complexity index is 491. The highest BCUT2D eigenvalue weighted by atomic mass is 14.9. The molecule has 0 saturated carbocycles. The third-order valence-electron chi connectivity index (χ3n) is 2.70. The Labute approximate surface area is 101 Å². The van der Waals surface area contributed by atoms with Crippen molar-refractivity contribution in [2.24, 2.45) is 11.5 Å². The molecule has 1 aromatic carbocycles. The summed E-state index contributed by atoms with van der Waals surface area (Å²) in [5.74, 6) is 0.940. The topological polar surface area (TPSA) is 92.8 Å². The van der Waals surface area contributed by atoms with E-state index in [0.29, 0.717) is 6.54 Å². The number of imidazole rings is 1. The summed E-state index contributed by atoms with van der Waals surface area (Å²) in [4.78, 5) is 7.59. The molecule has 1 unspecified atom stereocenters. The second kappa shape index (κ2) is 5.27. The number of rotatable bonds is 5. The van der Waals surface area contributed by atoms with E-state index >= 15 is 0 Å². The number of nitrogens with one attached hydrogen (secondary N) is 2. The number of aromatic nitrogens is 2. The summed E-state index contributed by atoms with van der Waals surface area (Å²) in [6.45, 7) is 3.99. The fraction of sp³-hybridized carbons (Fsp3) is 0.417. The molecule has 0 bridgehead atoms. The first-order valence-electron chi connectivity index (χ1n) is 5.80. The van der Waals surface area contributed by atoms with Crippen molar-refractivity contribution < 1.29 is 0 Å².